The Morgan fingerprint density at radius 3 is 2.61 bits per heavy atom. The molecule has 2 aromatic rings. The fourth-order valence-electron chi connectivity index (χ4n) is 2.13. The molecular formula is C15H20F2N4OS. The highest BCUT2D eigenvalue weighted by molar-refractivity contribution is 7.11. The number of thiophene rings is 1. The lowest BCUT2D eigenvalue weighted by Crippen LogP contribution is -2.37. The molecule has 5 nitrogen and oxygen atoms in total. The van der Waals surface area contributed by atoms with Crippen molar-refractivity contribution in [1.82, 2.24) is 19.6 Å². The van der Waals surface area contributed by atoms with Gasteiger partial charge >= 0.3 is 6.55 Å². The van der Waals surface area contributed by atoms with Crippen LogP contribution in [0.4, 0.5) is 8.78 Å². The number of hydrogen-bond donors (Lipinski definition) is 0. The van der Waals surface area contributed by atoms with Gasteiger partial charge in [-0.25, -0.2) is 0 Å². The second-order valence-electron chi connectivity index (χ2n) is 5.48. The first-order valence-corrected chi connectivity index (χ1v) is 8.01. The molecule has 23 heavy (non-hydrogen) atoms. The van der Waals surface area contributed by atoms with Gasteiger partial charge in [0.2, 0.25) is 0 Å². The first-order chi connectivity index (χ1) is 10.9. The van der Waals surface area contributed by atoms with Crippen molar-refractivity contribution in [3.8, 4) is 0 Å². The summed E-state index contributed by atoms with van der Waals surface area (Å²) in [5.41, 5.74) is -0.0907. The zero-order chi connectivity index (χ0) is 17.0. The quantitative estimate of drug-likeness (QED) is 0.777. The summed E-state index contributed by atoms with van der Waals surface area (Å²) >= 11 is 1.60. The number of carbonyl (C=O) groups is 1. The van der Waals surface area contributed by atoms with Gasteiger partial charge in [-0.05, 0) is 39.2 Å². The zero-order valence-corrected chi connectivity index (χ0v) is 14.2. The van der Waals surface area contributed by atoms with E-state index in [0.29, 0.717) is 24.3 Å². The van der Waals surface area contributed by atoms with E-state index in [-0.39, 0.29) is 5.69 Å². The predicted molar refractivity (Wildman–Crippen MR) is 85.8 cm³/mol. The highest BCUT2D eigenvalue weighted by atomic mass is 32.1. The summed E-state index contributed by atoms with van der Waals surface area (Å²) in [6.07, 6.45) is 1.22. The van der Waals surface area contributed by atoms with E-state index < -0.39 is 12.5 Å². The van der Waals surface area contributed by atoms with Crippen LogP contribution in [0.5, 0.6) is 0 Å². The van der Waals surface area contributed by atoms with Gasteiger partial charge in [-0.2, -0.15) is 18.6 Å². The Labute approximate surface area is 138 Å². The lowest BCUT2D eigenvalue weighted by molar-refractivity contribution is 0.0457. The predicted octanol–water partition coefficient (Wildman–Crippen LogP) is 2.85. The van der Waals surface area contributed by atoms with Crippen LogP contribution in [-0.4, -0.2) is 52.7 Å². The fourth-order valence-corrected chi connectivity index (χ4v) is 3.04. The second-order valence-corrected chi connectivity index (χ2v) is 6.85. The van der Waals surface area contributed by atoms with Crippen LogP contribution in [0.2, 0.25) is 0 Å². The first kappa shape index (κ1) is 17.6. The summed E-state index contributed by atoms with van der Waals surface area (Å²) in [5.74, 6) is -0.435. The van der Waals surface area contributed by atoms with Crippen LogP contribution in [0.3, 0.4) is 0 Å². The summed E-state index contributed by atoms with van der Waals surface area (Å²) in [4.78, 5) is 18.4. The van der Waals surface area contributed by atoms with Crippen LogP contribution in [0.15, 0.2) is 24.4 Å². The Hall–Kier alpha value is -1.80. The molecule has 2 rings (SSSR count). The van der Waals surface area contributed by atoms with Gasteiger partial charge in [0.1, 0.15) is 5.69 Å². The van der Waals surface area contributed by atoms with Crippen LogP contribution >= 0.6 is 11.3 Å². The minimum absolute atomic E-state index is 0.0907. The largest absolute Gasteiger partial charge is 0.333 e. The minimum atomic E-state index is -2.83. The molecule has 1 amide bonds. The summed E-state index contributed by atoms with van der Waals surface area (Å²) in [6, 6.07) is 5.27. The topological polar surface area (TPSA) is 41.4 Å². The van der Waals surface area contributed by atoms with Crippen molar-refractivity contribution in [2.45, 2.75) is 20.0 Å². The Kier molecular flexibility index (Phi) is 5.84. The van der Waals surface area contributed by atoms with Crippen molar-refractivity contribution in [3.63, 3.8) is 0 Å². The summed E-state index contributed by atoms with van der Waals surface area (Å²) in [5, 5.41) is 3.54. The van der Waals surface area contributed by atoms with Gasteiger partial charge < -0.3 is 9.80 Å². The number of likely N-dealkylation sites (N-methyl/N-ethyl adjacent to an activating group) is 1. The van der Waals surface area contributed by atoms with Crippen molar-refractivity contribution in [3.05, 3.63) is 39.8 Å². The number of halogens is 2. The maximum atomic E-state index is 13.0. The third-order valence-corrected chi connectivity index (χ3v) is 4.31. The average molecular weight is 342 g/mol. The Morgan fingerprint density at radius 2 is 2.04 bits per heavy atom. The highest BCUT2D eigenvalue weighted by Crippen LogP contribution is 2.20. The van der Waals surface area contributed by atoms with Crippen LogP contribution in [0.25, 0.3) is 0 Å². The number of carbonyl (C=O) groups excluding carboxylic acids is 1. The molecule has 2 heterocycles. The molecule has 0 bridgehead atoms. The third-order valence-electron chi connectivity index (χ3n) is 3.32. The molecule has 0 unspecified atom stereocenters. The summed E-state index contributed by atoms with van der Waals surface area (Å²) < 4.78 is 26.4. The van der Waals surface area contributed by atoms with E-state index in [0.717, 1.165) is 9.75 Å². The molecule has 126 valence electrons. The number of rotatable bonds is 7. The van der Waals surface area contributed by atoms with Gasteiger partial charge in [0, 0.05) is 29.0 Å². The molecule has 0 saturated carbocycles. The molecule has 0 fully saturated rings. The first-order valence-electron chi connectivity index (χ1n) is 7.19. The molecule has 0 aromatic carbocycles. The van der Waals surface area contributed by atoms with Gasteiger partial charge in [0.15, 0.2) is 0 Å². The van der Waals surface area contributed by atoms with E-state index in [2.05, 4.69) is 5.10 Å². The molecular weight excluding hydrogens is 322 g/mol. The van der Waals surface area contributed by atoms with E-state index in [4.69, 9.17) is 0 Å². The summed E-state index contributed by atoms with van der Waals surface area (Å²) in [7, 11) is 3.81. The van der Waals surface area contributed by atoms with Crippen molar-refractivity contribution in [2.75, 3.05) is 27.2 Å². The van der Waals surface area contributed by atoms with Gasteiger partial charge in [0.05, 0.1) is 6.54 Å². The van der Waals surface area contributed by atoms with Crippen molar-refractivity contribution in [1.29, 1.82) is 0 Å². The van der Waals surface area contributed by atoms with E-state index in [1.165, 1.54) is 12.3 Å². The van der Waals surface area contributed by atoms with E-state index in [1.54, 1.807) is 16.2 Å². The molecule has 0 aliphatic heterocycles. The van der Waals surface area contributed by atoms with E-state index in [9.17, 15) is 13.6 Å². The van der Waals surface area contributed by atoms with Crippen molar-refractivity contribution in [2.24, 2.45) is 0 Å². The van der Waals surface area contributed by atoms with Crippen LogP contribution < -0.4 is 0 Å². The lowest BCUT2D eigenvalue weighted by atomic mass is 10.3. The number of nitrogens with zero attached hydrogens (tertiary/aromatic N) is 4. The lowest BCUT2D eigenvalue weighted by Gasteiger charge is -2.24. The molecule has 8 heteroatoms. The molecule has 2 aromatic heterocycles. The van der Waals surface area contributed by atoms with Gasteiger partial charge in [-0.3, -0.25) is 4.79 Å². The molecule has 0 N–H and O–H groups in total. The van der Waals surface area contributed by atoms with Crippen LogP contribution in [-0.2, 0) is 6.54 Å². The maximum Gasteiger partial charge on any atom is 0.333 e. The SMILES string of the molecule is Cc1ccc(CN(CCN(C)C)C(=O)c2ccnn2C(F)F)s1. The van der Waals surface area contributed by atoms with Gasteiger partial charge in [0.25, 0.3) is 5.91 Å². The normalized spacial score (nSPS) is 11.4. The Balaban J connectivity index is 2.21. The molecule has 0 atom stereocenters. The molecule has 0 aliphatic carbocycles. The number of alkyl halides is 2. The number of aromatic nitrogens is 2. The number of amides is 1. The zero-order valence-electron chi connectivity index (χ0n) is 13.4. The smallest absolute Gasteiger partial charge is 0.331 e. The van der Waals surface area contributed by atoms with Crippen molar-refractivity contribution < 1.29 is 13.6 Å². The molecule has 0 radical (unpaired) electrons. The molecule has 0 aliphatic rings. The monoisotopic (exact) mass is 342 g/mol. The van der Waals surface area contributed by atoms with Crippen LogP contribution in [0.1, 0.15) is 26.8 Å². The van der Waals surface area contributed by atoms with E-state index in [1.807, 2.05) is 38.1 Å². The number of aryl methyl sites for hydroxylation is 1. The number of hydrogen-bond acceptors (Lipinski definition) is 4. The summed E-state index contributed by atoms with van der Waals surface area (Å²) in [6.45, 7) is 0.672. The standard InChI is InChI=1S/C15H20F2N4OS/c1-11-4-5-12(23-11)10-20(9-8-19(2)3)14(22)13-6-7-18-21(13)15(16)17/h4-7,15H,8-10H2,1-3H3. The minimum Gasteiger partial charge on any atom is -0.331 e. The Morgan fingerprint density at radius 1 is 1.30 bits per heavy atom. The molecule has 0 spiro atoms. The van der Waals surface area contributed by atoms with Crippen LogP contribution in [0, 0.1) is 6.92 Å². The van der Waals surface area contributed by atoms with E-state index >= 15 is 0 Å². The Bertz CT molecular complexity index is 653. The second kappa shape index (κ2) is 7.65. The van der Waals surface area contributed by atoms with Gasteiger partial charge in [-0.15, -0.1) is 11.3 Å². The average Bonchev–Trinajstić information content (AvgIpc) is 3.11. The maximum absolute atomic E-state index is 13.0. The third kappa shape index (κ3) is 4.59. The fraction of sp³-hybridized carbons (Fsp3) is 0.467. The van der Waals surface area contributed by atoms with Gasteiger partial charge in [-0.1, -0.05) is 0 Å². The molecule has 0 saturated heterocycles. The highest BCUT2D eigenvalue weighted by Gasteiger charge is 2.23. The van der Waals surface area contributed by atoms with Crippen molar-refractivity contribution >= 4 is 17.2 Å².